The molecule has 0 saturated carbocycles. The number of ether oxygens (including phenoxy) is 1. The molecule has 0 radical (unpaired) electrons. The van der Waals surface area contributed by atoms with Crippen molar-refractivity contribution in [2.24, 2.45) is 15.9 Å². The second-order valence-corrected chi connectivity index (χ2v) is 7.57. The van der Waals surface area contributed by atoms with Crippen molar-refractivity contribution in [1.29, 1.82) is 0 Å². The molecule has 0 bridgehead atoms. The first-order chi connectivity index (χ1) is 16.4. The number of carbonyl (C=O) groups is 2. The number of alkyl carbamates (subject to hydrolysis) is 1. The number of hydrogen-bond acceptors (Lipinski definition) is 6. The lowest BCUT2D eigenvalue weighted by molar-refractivity contribution is -0.136. The van der Waals surface area contributed by atoms with Crippen molar-refractivity contribution < 1.29 is 19.4 Å². The first-order valence-electron chi connectivity index (χ1n) is 10.6. The molecular formula is C26H26N4O4. The van der Waals surface area contributed by atoms with Crippen molar-refractivity contribution in [3.8, 4) is 11.1 Å². The van der Waals surface area contributed by atoms with Crippen LogP contribution in [0.5, 0.6) is 0 Å². The van der Waals surface area contributed by atoms with E-state index in [1.807, 2.05) is 66.7 Å². The smallest absolute Gasteiger partial charge is 0.413 e. The lowest BCUT2D eigenvalue weighted by Crippen LogP contribution is -2.36. The van der Waals surface area contributed by atoms with Crippen molar-refractivity contribution in [2.45, 2.75) is 26.4 Å². The maximum atomic E-state index is 12.3. The van der Waals surface area contributed by atoms with Gasteiger partial charge in [0.25, 0.3) is 0 Å². The van der Waals surface area contributed by atoms with E-state index >= 15 is 0 Å². The van der Waals surface area contributed by atoms with Gasteiger partial charge in [-0.05, 0) is 48.2 Å². The van der Waals surface area contributed by atoms with Gasteiger partial charge in [0, 0.05) is 0 Å². The van der Waals surface area contributed by atoms with Gasteiger partial charge in [-0.15, -0.1) is 0 Å². The van der Waals surface area contributed by atoms with Gasteiger partial charge in [-0.2, -0.15) is 5.10 Å². The lowest BCUT2D eigenvalue weighted by Gasteiger charge is -2.14. The highest BCUT2D eigenvalue weighted by Gasteiger charge is 2.15. The minimum Gasteiger partial charge on any atom is -0.481 e. The lowest BCUT2D eigenvalue weighted by atomic mass is 10.0. The zero-order valence-corrected chi connectivity index (χ0v) is 18.9. The summed E-state index contributed by atoms with van der Waals surface area (Å²) in [4.78, 5) is 27.6. The third kappa shape index (κ3) is 6.77. The molecule has 174 valence electrons. The van der Waals surface area contributed by atoms with Crippen LogP contribution >= 0.6 is 0 Å². The number of rotatable bonds is 7. The molecule has 0 aliphatic heterocycles. The SMILES string of the molecule is CC(=Nc1ccc(-c2ccc(CC(=O)O)cc2)cc1)C(=NN)NC(=O)OC(C)c1ccccc1. The molecule has 1 atom stereocenters. The Morgan fingerprint density at radius 2 is 1.56 bits per heavy atom. The van der Waals surface area contributed by atoms with Crippen molar-refractivity contribution in [3.63, 3.8) is 0 Å². The minimum atomic E-state index is -0.862. The Hall–Kier alpha value is -4.46. The zero-order valence-electron chi connectivity index (χ0n) is 18.9. The molecule has 0 aromatic heterocycles. The van der Waals surface area contributed by atoms with Crippen LogP contribution in [0.3, 0.4) is 0 Å². The molecule has 0 aliphatic rings. The fourth-order valence-corrected chi connectivity index (χ4v) is 3.26. The number of nitrogens with two attached hydrogens (primary N) is 1. The van der Waals surface area contributed by atoms with E-state index in [4.69, 9.17) is 15.7 Å². The van der Waals surface area contributed by atoms with Crippen LogP contribution in [0.4, 0.5) is 10.5 Å². The molecule has 34 heavy (non-hydrogen) atoms. The first kappa shape index (κ1) is 24.2. The molecule has 3 aromatic rings. The number of benzene rings is 3. The second kappa shape index (κ2) is 11.4. The standard InChI is InChI=1S/C26H26N4O4/c1-17(25(30-27)29-26(33)34-18(2)20-6-4-3-5-7-20)28-23-14-12-22(13-15-23)21-10-8-19(9-11-21)16-24(31)32/h3-15,18H,16,27H2,1-2H3,(H,31,32)(H,29,30,33). The van der Waals surface area contributed by atoms with Crippen LogP contribution < -0.4 is 11.2 Å². The second-order valence-electron chi connectivity index (χ2n) is 7.57. The highest BCUT2D eigenvalue weighted by Crippen LogP contribution is 2.23. The number of carbonyl (C=O) groups excluding carboxylic acids is 1. The van der Waals surface area contributed by atoms with E-state index in [0.717, 1.165) is 22.3 Å². The van der Waals surface area contributed by atoms with Crippen LogP contribution in [0.2, 0.25) is 0 Å². The highest BCUT2D eigenvalue weighted by molar-refractivity contribution is 6.42. The van der Waals surface area contributed by atoms with E-state index in [9.17, 15) is 9.59 Å². The number of hydrogen-bond donors (Lipinski definition) is 3. The number of nitrogens with one attached hydrogen (secondary N) is 1. The number of nitrogens with zero attached hydrogens (tertiary/aromatic N) is 2. The van der Waals surface area contributed by atoms with Crippen LogP contribution in [0.1, 0.15) is 31.1 Å². The Balaban J connectivity index is 1.63. The Morgan fingerprint density at radius 1 is 0.971 bits per heavy atom. The molecule has 8 nitrogen and oxygen atoms in total. The monoisotopic (exact) mass is 458 g/mol. The van der Waals surface area contributed by atoms with Gasteiger partial charge in [0.1, 0.15) is 6.10 Å². The van der Waals surface area contributed by atoms with Crippen LogP contribution in [0.15, 0.2) is 89.0 Å². The Kier molecular flexibility index (Phi) is 8.12. The fourth-order valence-electron chi connectivity index (χ4n) is 3.26. The topological polar surface area (TPSA) is 126 Å². The zero-order chi connectivity index (χ0) is 24.5. The number of amides is 1. The largest absolute Gasteiger partial charge is 0.481 e. The van der Waals surface area contributed by atoms with Crippen molar-refractivity contribution in [2.75, 3.05) is 0 Å². The molecule has 8 heteroatoms. The average molecular weight is 459 g/mol. The summed E-state index contributed by atoms with van der Waals surface area (Å²) >= 11 is 0. The van der Waals surface area contributed by atoms with Crippen LogP contribution in [0, 0.1) is 0 Å². The van der Waals surface area contributed by atoms with E-state index < -0.39 is 18.2 Å². The van der Waals surface area contributed by atoms with E-state index in [2.05, 4.69) is 15.4 Å². The molecule has 0 saturated heterocycles. The molecule has 3 aromatic carbocycles. The van der Waals surface area contributed by atoms with Gasteiger partial charge in [-0.3, -0.25) is 10.1 Å². The van der Waals surface area contributed by atoms with Gasteiger partial charge in [-0.1, -0.05) is 66.7 Å². The summed E-state index contributed by atoms with van der Waals surface area (Å²) in [6, 6.07) is 24.2. The first-order valence-corrected chi connectivity index (χ1v) is 10.6. The summed E-state index contributed by atoms with van der Waals surface area (Å²) in [7, 11) is 0. The maximum absolute atomic E-state index is 12.3. The molecule has 3 rings (SSSR count). The van der Waals surface area contributed by atoms with Crippen molar-refractivity contribution in [3.05, 3.63) is 90.0 Å². The molecule has 1 unspecified atom stereocenters. The molecule has 0 fully saturated rings. The number of aliphatic imine (C=N–C) groups is 1. The molecular weight excluding hydrogens is 432 g/mol. The maximum Gasteiger partial charge on any atom is 0.413 e. The molecule has 0 spiro atoms. The third-order valence-corrected chi connectivity index (χ3v) is 5.05. The van der Waals surface area contributed by atoms with Crippen LogP contribution in [0.25, 0.3) is 11.1 Å². The molecule has 4 N–H and O–H groups in total. The number of aliphatic carboxylic acids is 1. The van der Waals surface area contributed by atoms with E-state index in [1.54, 1.807) is 26.0 Å². The molecule has 1 amide bonds. The van der Waals surface area contributed by atoms with Gasteiger partial charge >= 0.3 is 12.1 Å². The van der Waals surface area contributed by atoms with Gasteiger partial charge in [-0.25, -0.2) is 9.79 Å². The van der Waals surface area contributed by atoms with Gasteiger partial charge in [0.15, 0.2) is 5.84 Å². The number of carboxylic acid groups (broad SMARTS) is 1. The van der Waals surface area contributed by atoms with Gasteiger partial charge in [0.2, 0.25) is 0 Å². The molecule has 0 aliphatic carbocycles. The predicted octanol–water partition coefficient (Wildman–Crippen LogP) is 4.83. The summed E-state index contributed by atoms with van der Waals surface area (Å²) in [5.41, 5.74) is 4.59. The summed E-state index contributed by atoms with van der Waals surface area (Å²) in [6.45, 7) is 3.46. The highest BCUT2D eigenvalue weighted by atomic mass is 16.6. The van der Waals surface area contributed by atoms with Crippen molar-refractivity contribution >= 4 is 29.3 Å². The number of amidine groups is 1. The fraction of sp³-hybridized carbons (Fsp3) is 0.154. The Morgan fingerprint density at radius 3 is 2.12 bits per heavy atom. The number of hydrazone groups is 1. The number of carboxylic acids is 1. The normalized spacial score (nSPS) is 12.6. The minimum absolute atomic E-state index is 0.00894. The Labute approximate surface area is 197 Å². The summed E-state index contributed by atoms with van der Waals surface area (Å²) in [5.74, 6) is 4.70. The Bertz CT molecular complexity index is 1190. The third-order valence-electron chi connectivity index (χ3n) is 5.05. The van der Waals surface area contributed by atoms with E-state index in [0.29, 0.717) is 11.4 Å². The van der Waals surface area contributed by atoms with E-state index in [-0.39, 0.29) is 12.3 Å². The summed E-state index contributed by atoms with van der Waals surface area (Å²) in [5, 5.41) is 15.1. The van der Waals surface area contributed by atoms with Gasteiger partial charge in [0.05, 0.1) is 17.8 Å². The summed E-state index contributed by atoms with van der Waals surface area (Å²) in [6.07, 6.45) is -1.13. The average Bonchev–Trinajstić information content (AvgIpc) is 2.83. The quantitative estimate of drug-likeness (QED) is 0.202. The predicted molar refractivity (Wildman–Crippen MR) is 132 cm³/mol. The summed E-state index contributed by atoms with van der Waals surface area (Å²) < 4.78 is 5.39. The van der Waals surface area contributed by atoms with Crippen LogP contribution in [-0.2, 0) is 16.0 Å². The molecule has 0 heterocycles. The van der Waals surface area contributed by atoms with Crippen LogP contribution in [-0.4, -0.2) is 28.7 Å². The van der Waals surface area contributed by atoms with Crippen molar-refractivity contribution in [1.82, 2.24) is 5.32 Å². The van der Waals surface area contributed by atoms with E-state index in [1.165, 1.54) is 0 Å². The van der Waals surface area contributed by atoms with Gasteiger partial charge < -0.3 is 15.7 Å².